The molecule has 296 valence electrons. The van der Waals surface area contributed by atoms with E-state index >= 15 is 0 Å². The monoisotopic (exact) mass is 803 g/mol. The fraction of sp³-hybridized carbons (Fsp3) is 0.0492. The second kappa shape index (κ2) is 13.5. The van der Waals surface area contributed by atoms with Crippen molar-refractivity contribution in [2.45, 2.75) is 19.3 Å². The number of anilines is 3. The van der Waals surface area contributed by atoms with Crippen LogP contribution in [-0.2, 0) is 5.41 Å². The molecule has 0 amide bonds. The minimum Gasteiger partial charge on any atom is -0.456 e. The summed E-state index contributed by atoms with van der Waals surface area (Å²) < 4.78 is 6.65. The fourth-order valence-electron chi connectivity index (χ4n) is 10.8. The Balaban J connectivity index is 1.08. The van der Waals surface area contributed by atoms with Crippen LogP contribution in [0.15, 0.2) is 217 Å². The molecule has 0 bridgehead atoms. The number of hydrogen-bond donors (Lipinski definition) is 0. The van der Waals surface area contributed by atoms with Crippen LogP contribution in [0.5, 0.6) is 0 Å². The summed E-state index contributed by atoms with van der Waals surface area (Å²) in [7, 11) is 0. The van der Waals surface area contributed by atoms with E-state index in [1.807, 2.05) is 0 Å². The van der Waals surface area contributed by atoms with Crippen molar-refractivity contribution >= 4 is 82.1 Å². The number of fused-ring (bicyclic) bond motifs is 12. The first-order valence-corrected chi connectivity index (χ1v) is 21.9. The average Bonchev–Trinajstić information content (AvgIpc) is 3.83. The fourth-order valence-corrected chi connectivity index (χ4v) is 10.8. The Hall–Kier alpha value is -7.94. The van der Waals surface area contributed by atoms with Gasteiger partial charge in [-0.25, -0.2) is 0 Å². The van der Waals surface area contributed by atoms with Gasteiger partial charge in [-0.2, -0.15) is 0 Å². The molecule has 1 aromatic heterocycles. The van der Waals surface area contributed by atoms with E-state index in [1.54, 1.807) is 0 Å². The molecule has 0 atom stereocenters. The topological polar surface area (TPSA) is 16.4 Å². The first kappa shape index (κ1) is 35.8. The molecule has 0 aliphatic heterocycles. The molecule has 0 N–H and O–H groups in total. The molecule has 63 heavy (non-hydrogen) atoms. The second-order valence-corrected chi connectivity index (χ2v) is 17.6. The molecule has 0 saturated heterocycles. The van der Waals surface area contributed by atoms with Crippen LogP contribution in [0.1, 0.15) is 25.0 Å². The summed E-state index contributed by atoms with van der Waals surface area (Å²) in [5.41, 5.74) is 14.9. The lowest BCUT2D eigenvalue weighted by atomic mass is 9.82. The van der Waals surface area contributed by atoms with Gasteiger partial charge in [0, 0.05) is 33.1 Å². The Kier molecular flexibility index (Phi) is 7.68. The zero-order valence-corrected chi connectivity index (χ0v) is 35.1. The standard InChI is InChI=1S/C61H41NO/c1-61(2)54-21-11-9-19-49(54)50-32-31-44(37-55(50)61)62(43-29-27-40(28-30-43)53-35-41-14-4-6-16-46(41)47-17-7-8-18-48(47)53)56-33-34-58-60(51-20-10-12-22-57(51)63-58)59(56)42-26-25-39-24-23-38-13-3-5-15-45(38)52(39)36-42/h3-37H,1-2H3. The van der Waals surface area contributed by atoms with Gasteiger partial charge in [-0.3, -0.25) is 0 Å². The average molecular weight is 804 g/mol. The molecule has 2 nitrogen and oxygen atoms in total. The van der Waals surface area contributed by atoms with Crippen LogP contribution in [0.25, 0.3) is 98.4 Å². The van der Waals surface area contributed by atoms with Gasteiger partial charge < -0.3 is 9.32 Å². The SMILES string of the molecule is CC1(C)c2ccccc2-c2ccc(N(c3ccc(-c4cc5ccccc5c5ccccc45)cc3)c3ccc4oc5ccccc5c4c3-c3ccc4ccc5ccccc5c4c3)cc21. The Morgan fingerprint density at radius 2 is 0.968 bits per heavy atom. The minimum atomic E-state index is -0.165. The maximum atomic E-state index is 6.65. The Labute approximate surface area is 365 Å². The Bertz CT molecular complexity index is 3830. The highest BCUT2D eigenvalue weighted by atomic mass is 16.3. The van der Waals surface area contributed by atoms with Crippen LogP contribution < -0.4 is 4.90 Å². The number of benzene rings is 11. The van der Waals surface area contributed by atoms with Gasteiger partial charge in [-0.1, -0.05) is 172 Å². The highest BCUT2D eigenvalue weighted by molar-refractivity contribution is 6.18. The molecule has 1 heterocycles. The molecular weight excluding hydrogens is 763 g/mol. The summed E-state index contributed by atoms with van der Waals surface area (Å²) in [6.07, 6.45) is 0. The van der Waals surface area contributed by atoms with Crippen LogP contribution in [0.3, 0.4) is 0 Å². The van der Waals surface area contributed by atoms with E-state index in [9.17, 15) is 0 Å². The summed E-state index contributed by atoms with van der Waals surface area (Å²) >= 11 is 0. The van der Waals surface area contributed by atoms with Gasteiger partial charge in [0.25, 0.3) is 0 Å². The third kappa shape index (κ3) is 5.38. The van der Waals surface area contributed by atoms with E-state index in [0.717, 1.165) is 50.1 Å². The lowest BCUT2D eigenvalue weighted by molar-refractivity contribution is 0.660. The maximum absolute atomic E-state index is 6.65. The van der Waals surface area contributed by atoms with Crippen LogP contribution in [0.2, 0.25) is 0 Å². The molecule has 0 spiro atoms. The second-order valence-electron chi connectivity index (χ2n) is 17.6. The van der Waals surface area contributed by atoms with E-state index in [0.29, 0.717) is 0 Å². The largest absolute Gasteiger partial charge is 0.456 e. The van der Waals surface area contributed by atoms with Crippen molar-refractivity contribution in [1.82, 2.24) is 0 Å². The third-order valence-corrected chi connectivity index (χ3v) is 13.8. The van der Waals surface area contributed by atoms with Gasteiger partial charge in [0.1, 0.15) is 11.2 Å². The molecule has 2 heteroatoms. The lowest BCUT2D eigenvalue weighted by Gasteiger charge is -2.30. The summed E-state index contributed by atoms with van der Waals surface area (Å²) in [6, 6.07) is 78.1. The predicted octanol–water partition coefficient (Wildman–Crippen LogP) is 17.3. The van der Waals surface area contributed by atoms with Crippen molar-refractivity contribution < 1.29 is 4.42 Å². The van der Waals surface area contributed by atoms with Gasteiger partial charge >= 0.3 is 0 Å². The van der Waals surface area contributed by atoms with Crippen molar-refractivity contribution in [1.29, 1.82) is 0 Å². The minimum absolute atomic E-state index is 0.165. The van der Waals surface area contributed by atoms with Gasteiger partial charge in [0.05, 0.1) is 5.69 Å². The highest BCUT2D eigenvalue weighted by Crippen LogP contribution is 2.53. The molecule has 11 aromatic carbocycles. The quantitative estimate of drug-likeness (QED) is 0.161. The lowest BCUT2D eigenvalue weighted by Crippen LogP contribution is -2.17. The molecule has 0 radical (unpaired) electrons. The molecule has 0 fully saturated rings. The maximum Gasteiger partial charge on any atom is 0.136 e. The number of para-hydroxylation sites is 1. The third-order valence-electron chi connectivity index (χ3n) is 13.8. The number of rotatable bonds is 5. The van der Waals surface area contributed by atoms with Crippen molar-refractivity contribution in [2.24, 2.45) is 0 Å². The van der Waals surface area contributed by atoms with Crippen LogP contribution in [0.4, 0.5) is 17.1 Å². The number of hydrogen-bond acceptors (Lipinski definition) is 2. The Morgan fingerprint density at radius 1 is 0.365 bits per heavy atom. The van der Waals surface area contributed by atoms with E-state index in [2.05, 4.69) is 231 Å². The van der Waals surface area contributed by atoms with Gasteiger partial charge in [0.2, 0.25) is 0 Å². The zero-order valence-electron chi connectivity index (χ0n) is 35.1. The summed E-state index contributed by atoms with van der Waals surface area (Å²) in [5, 5.41) is 12.2. The van der Waals surface area contributed by atoms with Crippen LogP contribution in [-0.4, -0.2) is 0 Å². The van der Waals surface area contributed by atoms with E-state index in [1.165, 1.54) is 76.5 Å². The van der Waals surface area contributed by atoms with Crippen LogP contribution in [0, 0.1) is 0 Å². The van der Waals surface area contributed by atoms with Crippen molar-refractivity contribution in [2.75, 3.05) is 4.90 Å². The molecule has 12 aromatic rings. The first-order chi connectivity index (χ1) is 31.0. The summed E-state index contributed by atoms with van der Waals surface area (Å²) in [6.45, 7) is 4.73. The van der Waals surface area contributed by atoms with E-state index in [-0.39, 0.29) is 5.41 Å². The highest BCUT2D eigenvalue weighted by Gasteiger charge is 2.36. The number of furan rings is 1. The zero-order chi connectivity index (χ0) is 41.8. The van der Waals surface area contributed by atoms with E-state index in [4.69, 9.17) is 4.42 Å². The molecule has 1 aliphatic rings. The normalized spacial score (nSPS) is 13.0. The summed E-state index contributed by atoms with van der Waals surface area (Å²) in [5.74, 6) is 0. The van der Waals surface area contributed by atoms with Crippen molar-refractivity contribution in [3.05, 3.63) is 223 Å². The predicted molar refractivity (Wildman–Crippen MR) is 267 cm³/mol. The smallest absolute Gasteiger partial charge is 0.136 e. The summed E-state index contributed by atoms with van der Waals surface area (Å²) in [4.78, 5) is 2.48. The van der Waals surface area contributed by atoms with E-state index < -0.39 is 0 Å². The molecule has 13 rings (SSSR count). The van der Waals surface area contributed by atoms with Gasteiger partial charge in [-0.15, -0.1) is 0 Å². The van der Waals surface area contributed by atoms with Gasteiger partial charge in [0.15, 0.2) is 0 Å². The molecule has 0 unspecified atom stereocenters. The van der Waals surface area contributed by atoms with Gasteiger partial charge in [-0.05, 0) is 137 Å². The van der Waals surface area contributed by atoms with Crippen molar-refractivity contribution in [3.8, 4) is 33.4 Å². The van der Waals surface area contributed by atoms with Crippen molar-refractivity contribution in [3.63, 3.8) is 0 Å². The molecule has 1 aliphatic carbocycles. The Morgan fingerprint density at radius 3 is 1.79 bits per heavy atom. The first-order valence-electron chi connectivity index (χ1n) is 21.9. The number of nitrogens with zero attached hydrogens (tertiary/aromatic N) is 1. The van der Waals surface area contributed by atoms with Crippen LogP contribution >= 0.6 is 0 Å². The molecular formula is C61H41NO. The molecule has 0 saturated carbocycles.